The molecule has 0 radical (unpaired) electrons. The van der Waals surface area contributed by atoms with E-state index >= 15 is 0 Å². The van der Waals surface area contributed by atoms with Crippen LogP contribution in [0.1, 0.15) is 27.0 Å². The highest BCUT2D eigenvalue weighted by atomic mass is 16.7. The van der Waals surface area contributed by atoms with Crippen molar-refractivity contribution < 1.29 is 28.5 Å². The molecule has 2 aliphatic rings. The van der Waals surface area contributed by atoms with E-state index in [1.165, 1.54) is 0 Å². The number of hydrogen-bond donors (Lipinski definition) is 0. The highest BCUT2D eigenvalue weighted by Crippen LogP contribution is 2.50. The van der Waals surface area contributed by atoms with Crippen LogP contribution in [0.3, 0.4) is 0 Å². The number of ether oxygens (including phenoxy) is 5. The molecule has 0 unspecified atom stereocenters. The summed E-state index contributed by atoms with van der Waals surface area (Å²) in [5.74, 6) is 2.34. The van der Waals surface area contributed by atoms with Crippen LogP contribution in [0.5, 0.6) is 23.0 Å². The Morgan fingerprint density at radius 2 is 1.66 bits per heavy atom. The van der Waals surface area contributed by atoms with E-state index in [1.54, 1.807) is 14.2 Å². The zero-order valence-corrected chi connectivity index (χ0v) is 16.7. The molecule has 2 aliphatic heterocycles. The third-order valence-corrected chi connectivity index (χ3v) is 5.73. The average molecular weight is 392 g/mol. The first-order chi connectivity index (χ1) is 14.0. The Balaban J connectivity index is 1.97. The quantitative estimate of drug-likeness (QED) is 0.610. The summed E-state index contributed by atoms with van der Waals surface area (Å²) >= 11 is 0. The molecule has 148 valence electrons. The lowest BCUT2D eigenvalue weighted by Gasteiger charge is -2.20. The van der Waals surface area contributed by atoms with Crippen LogP contribution in [-0.4, -0.2) is 27.0 Å². The number of aryl methyl sites for hydroxylation is 1. The maximum Gasteiger partial charge on any atom is 0.339 e. The van der Waals surface area contributed by atoms with Gasteiger partial charge in [-0.15, -0.1) is 0 Å². The monoisotopic (exact) mass is 392 g/mol. The Kier molecular flexibility index (Phi) is 3.84. The van der Waals surface area contributed by atoms with Crippen molar-refractivity contribution in [2.45, 2.75) is 20.5 Å². The average Bonchev–Trinajstić information content (AvgIpc) is 3.34. The number of carbonyl (C=O) groups excluding carboxylic acids is 1. The number of carbonyl (C=O) groups is 1. The van der Waals surface area contributed by atoms with Crippen LogP contribution < -0.4 is 18.9 Å². The summed E-state index contributed by atoms with van der Waals surface area (Å²) in [6.45, 7) is 4.40. The molecule has 0 aliphatic carbocycles. The third kappa shape index (κ3) is 2.38. The molecule has 0 amide bonds. The van der Waals surface area contributed by atoms with E-state index in [0.717, 1.165) is 44.3 Å². The van der Waals surface area contributed by atoms with Gasteiger partial charge in [0.25, 0.3) is 0 Å². The molecule has 0 bridgehead atoms. The maximum absolute atomic E-state index is 12.7. The van der Waals surface area contributed by atoms with E-state index in [1.807, 2.05) is 32.0 Å². The van der Waals surface area contributed by atoms with Crippen molar-refractivity contribution >= 4 is 16.7 Å². The Morgan fingerprint density at radius 1 is 0.897 bits per heavy atom. The highest BCUT2D eigenvalue weighted by molar-refractivity contribution is 6.15. The molecular weight excluding hydrogens is 372 g/mol. The molecule has 0 saturated carbocycles. The summed E-state index contributed by atoms with van der Waals surface area (Å²) in [6.07, 6.45) is 0. The number of methoxy groups -OCH3 is 2. The van der Waals surface area contributed by atoms with Crippen LogP contribution >= 0.6 is 0 Å². The number of cyclic esters (lactones) is 1. The summed E-state index contributed by atoms with van der Waals surface area (Å²) < 4.78 is 28.0. The predicted molar refractivity (Wildman–Crippen MR) is 107 cm³/mol. The molecule has 6 nitrogen and oxygen atoms in total. The molecule has 3 aromatic carbocycles. The second kappa shape index (κ2) is 6.30. The molecule has 5 rings (SSSR count). The highest BCUT2D eigenvalue weighted by Gasteiger charge is 2.34. The van der Waals surface area contributed by atoms with Crippen molar-refractivity contribution in [2.75, 3.05) is 21.0 Å². The van der Waals surface area contributed by atoms with Crippen molar-refractivity contribution in [1.29, 1.82) is 0 Å². The first-order valence-electron chi connectivity index (χ1n) is 9.33. The summed E-state index contributed by atoms with van der Waals surface area (Å²) in [5.41, 5.74) is 4.99. The number of hydrogen-bond acceptors (Lipinski definition) is 6. The van der Waals surface area contributed by atoms with Crippen LogP contribution in [0.25, 0.3) is 21.9 Å². The van der Waals surface area contributed by atoms with E-state index in [-0.39, 0.29) is 19.4 Å². The van der Waals surface area contributed by atoms with Gasteiger partial charge in [-0.05, 0) is 48.1 Å². The van der Waals surface area contributed by atoms with Crippen LogP contribution in [-0.2, 0) is 11.3 Å². The first-order valence-corrected chi connectivity index (χ1v) is 9.33. The minimum Gasteiger partial charge on any atom is -0.496 e. The molecule has 0 fully saturated rings. The lowest BCUT2D eigenvalue weighted by atomic mass is 9.87. The number of esters is 1. The summed E-state index contributed by atoms with van der Waals surface area (Å²) in [4.78, 5) is 12.7. The minimum absolute atomic E-state index is 0.168. The molecule has 6 heteroatoms. The Hall–Kier alpha value is -3.41. The molecule has 29 heavy (non-hydrogen) atoms. The van der Waals surface area contributed by atoms with Gasteiger partial charge in [0.15, 0.2) is 11.5 Å². The lowest BCUT2D eigenvalue weighted by molar-refractivity contribution is 0.0535. The van der Waals surface area contributed by atoms with E-state index in [2.05, 4.69) is 6.07 Å². The Bertz CT molecular complexity index is 1190. The van der Waals surface area contributed by atoms with Crippen LogP contribution in [0.15, 0.2) is 24.3 Å². The molecule has 0 N–H and O–H groups in total. The molecule has 3 aromatic rings. The van der Waals surface area contributed by atoms with Gasteiger partial charge in [-0.25, -0.2) is 4.79 Å². The lowest BCUT2D eigenvalue weighted by Crippen LogP contribution is -2.03. The zero-order valence-electron chi connectivity index (χ0n) is 16.7. The fourth-order valence-electron chi connectivity index (χ4n) is 4.26. The van der Waals surface area contributed by atoms with Crippen LogP contribution in [0.2, 0.25) is 0 Å². The van der Waals surface area contributed by atoms with Gasteiger partial charge in [0.05, 0.1) is 25.2 Å². The van der Waals surface area contributed by atoms with Crippen molar-refractivity contribution in [3.8, 4) is 34.1 Å². The van der Waals surface area contributed by atoms with Crippen LogP contribution in [0, 0.1) is 13.8 Å². The topological polar surface area (TPSA) is 63.2 Å². The molecule has 2 heterocycles. The Morgan fingerprint density at radius 3 is 2.41 bits per heavy atom. The van der Waals surface area contributed by atoms with Gasteiger partial charge in [0.1, 0.15) is 18.1 Å². The van der Waals surface area contributed by atoms with Crippen LogP contribution in [0.4, 0.5) is 0 Å². The largest absolute Gasteiger partial charge is 0.496 e. The molecule has 0 atom stereocenters. The van der Waals surface area contributed by atoms with Gasteiger partial charge < -0.3 is 23.7 Å². The maximum atomic E-state index is 12.7. The zero-order chi connectivity index (χ0) is 20.3. The normalized spacial score (nSPS) is 14.1. The smallest absolute Gasteiger partial charge is 0.339 e. The fourth-order valence-corrected chi connectivity index (χ4v) is 4.26. The van der Waals surface area contributed by atoms with Gasteiger partial charge in [-0.3, -0.25) is 0 Å². The molecule has 0 spiro atoms. The van der Waals surface area contributed by atoms with Gasteiger partial charge in [-0.2, -0.15) is 0 Å². The predicted octanol–water partition coefficient (Wildman–Crippen LogP) is 4.54. The first kappa shape index (κ1) is 17.7. The Labute approximate surface area is 167 Å². The van der Waals surface area contributed by atoms with Gasteiger partial charge in [0, 0.05) is 11.1 Å². The van der Waals surface area contributed by atoms with E-state index in [4.69, 9.17) is 23.7 Å². The fraction of sp³-hybridized carbons (Fsp3) is 0.261. The van der Waals surface area contributed by atoms with Crippen molar-refractivity contribution in [2.24, 2.45) is 0 Å². The second-order valence-corrected chi connectivity index (χ2v) is 7.18. The molecule has 0 aromatic heterocycles. The van der Waals surface area contributed by atoms with Gasteiger partial charge >= 0.3 is 5.97 Å². The molecular formula is C23H20O6. The van der Waals surface area contributed by atoms with E-state index in [9.17, 15) is 4.79 Å². The van der Waals surface area contributed by atoms with E-state index < -0.39 is 0 Å². The van der Waals surface area contributed by atoms with Gasteiger partial charge in [0.2, 0.25) is 6.79 Å². The van der Waals surface area contributed by atoms with E-state index in [0.29, 0.717) is 22.8 Å². The standard InChI is InChI=1S/C23H20O6/c1-11-7-14-18(13-5-6-16-17(8-13)29-10-28-16)19-15(9-27-23(19)24)22(26-4)20(14)21(25-3)12(11)2/h5-8H,9-10H2,1-4H3. The second-order valence-electron chi connectivity index (χ2n) is 7.18. The SMILES string of the molecule is COc1c(C)c(C)cc2c(-c3ccc4c(c3)OCO4)c3c(c(OC)c12)COC3=O. The number of benzene rings is 3. The number of rotatable bonds is 3. The summed E-state index contributed by atoms with van der Waals surface area (Å²) in [6, 6.07) is 7.76. The summed E-state index contributed by atoms with van der Waals surface area (Å²) in [5, 5.41) is 1.71. The van der Waals surface area contributed by atoms with Crippen molar-refractivity contribution in [3.05, 3.63) is 46.5 Å². The van der Waals surface area contributed by atoms with Crippen molar-refractivity contribution in [1.82, 2.24) is 0 Å². The third-order valence-electron chi connectivity index (χ3n) is 5.73. The molecule has 0 saturated heterocycles. The summed E-state index contributed by atoms with van der Waals surface area (Å²) in [7, 11) is 3.25. The number of fused-ring (bicyclic) bond motifs is 3. The van der Waals surface area contributed by atoms with Crippen molar-refractivity contribution in [3.63, 3.8) is 0 Å². The minimum atomic E-state index is -0.356. The van der Waals surface area contributed by atoms with Gasteiger partial charge in [-0.1, -0.05) is 12.1 Å².